The molecule has 1 fully saturated rings. The van der Waals surface area contributed by atoms with Crippen molar-refractivity contribution in [3.8, 4) is 0 Å². The number of carbonyl (C=O) groups excluding carboxylic acids is 1. The van der Waals surface area contributed by atoms with E-state index in [1.54, 1.807) is 0 Å². The van der Waals surface area contributed by atoms with Crippen molar-refractivity contribution in [3.05, 3.63) is 35.4 Å². The minimum Gasteiger partial charge on any atom is -0.388 e. The zero-order valence-electron chi connectivity index (χ0n) is 12.9. The highest BCUT2D eigenvalue weighted by molar-refractivity contribution is 7.99. The van der Waals surface area contributed by atoms with Gasteiger partial charge in [0, 0.05) is 6.54 Å². The Kier molecular flexibility index (Phi) is 5.71. The van der Waals surface area contributed by atoms with Gasteiger partial charge in [-0.15, -0.1) is 0 Å². The molecular weight excluding hydrogens is 282 g/mol. The Hall–Kier alpha value is -1.00. The van der Waals surface area contributed by atoms with Crippen LogP contribution in [0.25, 0.3) is 0 Å². The molecule has 1 unspecified atom stereocenters. The van der Waals surface area contributed by atoms with Crippen molar-refractivity contribution in [1.29, 1.82) is 0 Å². The molecule has 0 spiro atoms. The molecule has 0 bridgehead atoms. The molecule has 1 aliphatic heterocycles. The Bertz CT molecular complexity index is 466. The van der Waals surface area contributed by atoms with Crippen molar-refractivity contribution >= 4 is 17.7 Å². The summed E-state index contributed by atoms with van der Waals surface area (Å²) < 4.78 is 0. The molecule has 1 aromatic rings. The minimum atomic E-state index is -0.716. The van der Waals surface area contributed by atoms with E-state index in [2.05, 4.69) is 24.4 Å². The average Bonchev–Trinajstić information content (AvgIpc) is 2.53. The van der Waals surface area contributed by atoms with Crippen LogP contribution in [0.5, 0.6) is 0 Å². The highest BCUT2D eigenvalue weighted by Gasteiger charge is 2.30. The second-order valence-electron chi connectivity index (χ2n) is 5.87. The number of rotatable bonds is 5. The van der Waals surface area contributed by atoms with Gasteiger partial charge in [-0.25, -0.2) is 0 Å². The van der Waals surface area contributed by atoms with Crippen molar-refractivity contribution in [2.45, 2.75) is 44.6 Å². The first-order chi connectivity index (χ1) is 10.0. The molecule has 21 heavy (non-hydrogen) atoms. The molecule has 2 N–H and O–H groups in total. The van der Waals surface area contributed by atoms with Crippen LogP contribution in [0, 0.1) is 0 Å². The summed E-state index contributed by atoms with van der Waals surface area (Å²) in [7, 11) is 0. The lowest BCUT2D eigenvalue weighted by Gasteiger charge is -2.32. The van der Waals surface area contributed by atoms with E-state index in [0.717, 1.165) is 36.3 Å². The largest absolute Gasteiger partial charge is 0.388 e. The Morgan fingerprint density at radius 2 is 1.95 bits per heavy atom. The Morgan fingerprint density at radius 1 is 1.33 bits per heavy atom. The second-order valence-corrected chi connectivity index (χ2v) is 7.10. The maximum atomic E-state index is 12.3. The molecule has 0 radical (unpaired) electrons. The van der Waals surface area contributed by atoms with Gasteiger partial charge in [0.2, 0.25) is 5.91 Å². The predicted octanol–water partition coefficient (Wildman–Crippen LogP) is 2.73. The van der Waals surface area contributed by atoms with Gasteiger partial charge in [0.1, 0.15) is 0 Å². The summed E-state index contributed by atoms with van der Waals surface area (Å²) in [4.78, 5) is 12.3. The number of carbonyl (C=O) groups is 1. The number of thioether (sulfide) groups is 1. The van der Waals surface area contributed by atoms with Gasteiger partial charge in [-0.2, -0.15) is 11.8 Å². The standard InChI is InChI=1S/C17H25NO2S/c1-3-14-4-6-15(7-5-14)13(2)16(19)18-12-17(20)8-10-21-11-9-17/h4-7,13,20H,3,8-12H2,1-2H3,(H,18,19). The van der Waals surface area contributed by atoms with Crippen LogP contribution in [0.2, 0.25) is 0 Å². The quantitative estimate of drug-likeness (QED) is 0.879. The summed E-state index contributed by atoms with van der Waals surface area (Å²) in [5.41, 5.74) is 1.59. The average molecular weight is 307 g/mol. The molecule has 0 aromatic heterocycles. The van der Waals surface area contributed by atoms with Crippen molar-refractivity contribution in [1.82, 2.24) is 5.32 Å². The van der Waals surface area contributed by atoms with Crippen molar-refractivity contribution in [3.63, 3.8) is 0 Å². The Morgan fingerprint density at radius 3 is 2.52 bits per heavy atom. The second kappa shape index (κ2) is 7.32. The fourth-order valence-electron chi connectivity index (χ4n) is 2.53. The molecule has 4 heteroatoms. The zero-order valence-corrected chi connectivity index (χ0v) is 13.7. The molecule has 2 rings (SSSR count). The topological polar surface area (TPSA) is 49.3 Å². The highest BCUT2D eigenvalue weighted by atomic mass is 32.2. The van der Waals surface area contributed by atoms with E-state index in [0.29, 0.717) is 6.54 Å². The summed E-state index contributed by atoms with van der Waals surface area (Å²) in [5, 5.41) is 13.3. The van der Waals surface area contributed by atoms with E-state index in [-0.39, 0.29) is 11.8 Å². The van der Waals surface area contributed by atoms with Crippen LogP contribution < -0.4 is 5.32 Å². The number of hydrogen-bond acceptors (Lipinski definition) is 3. The van der Waals surface area contributed by atoms with Crippen molar-refractivity contribution in [2.24, 2.45) is 0 Å². The number of hydrogen-bond donors (Lipinski definition) is 2. The maximum absolute atomic E-state index is 12.3. The number of benzene rings is 1. The summed E-state index contributed by atoms with van der Waals surface area (Å²) in [6, 6.07) is 8.19. The van der Waals surface area contributed by atoms with E-state index >= 15 is 0 Å². The van der Waals surface area contributed by atoms with Crippen molar-refractivity contribution < 1.29 is 9.90 Å². The van der Waals surface area contributed by atoms with Gasteiger partial charge in [-0.1, -0.05) is 31.2 Å². The van der Waals surface area contributed by atoms with Crippen LogP contribution >= 0.6 is 11.8 Å². The van der Waals surface area contributed by atoms with Gasteiger partial charge in [-0.3, -0.25) is 4.79 Å². The lowest BCUT2D eigenvalue weighted by Crippen LogP contribution is -2.46. The molecular formula is C17H25NO2S. The van der Waals surface area contributed by atoms with Crippen LogP contribution in [0.4, 0.5) is 0 Å². The van der Waals surface area contributed by atoms with E-state index in [4.69, 9.17) is 0 Å². The molecule has 3 nitrogen and oxygen atoms in total. The van der Waals surface area contributed by atoms with Gasteiger partial charge in [-0.05, 0) is 48.8 Å². The summed E-state index contributed by atoms with van der Waals surface area (Å²) >= 11 is 1.87. The monoisotopic (exact) mass is 307 g/mol. The molecule has 0 saturated carbocycles. The molecule has 0 aliphatic carbocycles. The third kappa shape index (κ3) is 4.48. The van der Waals surface area contributed by atoms with Gasteiger partial charge in [0.15, 0.2) is 0 Å². The van der Waals surface area contributed by atoms with Crippen molar-refractivity contribution in [2.75, 3.05) is 18.1 Å². The molecule has 1 atom stereocenters. The third-order valence-corrected chi connectivity index (χ3v) is 5.28. The minimum absolute atomic E-state index is 0.00843. The van der Waals surface area contributed by atoms with Crippen LogP contribution in [-0.4, -0.2) is 34.7 Å². The van der Waals surface area contributed by atoms with Gasteiger partial charge in [0.05, 0.1) is 11.5 Å². The number of nitrogens with one attached hydrogen (secondary N) is 1. The molecule has 1 aliphatic rings. The summed E-state index contributed by atoms with van der Waals surface area (Å²) in [6.07, 6.45) is 2.53. The fraction of sp³-hybridized carbons (Fsp3) is 0.588. The Balaban J connectivity index is 1.89. The first-order valence-electron chi connectivity index (χ1n) is 7.71. The molecule has 1 saturated heterocycles. The lowest BCUT2D eigenvalue weighted by molar-refractivity contribution is -0.123. The molecule has 1 aromatic carbocycles. The van der Waals surface area contributed by atoms with E-state index < -0.39 is 5.60 Å². The van der Waals surface area contributed by atoms with Gasteiger partial charge < -0.3 is 10.4 Å². The summed E-state index contributed by atoms with van der Waals surface area (Å²) in [5.74, 6) is 1.75. The predicted molar refractivity (Wildman–Crippen MR) is 88.8 cm³/mol. The van der Waals surface area contributed by atoms with E-state index in [1.807, 2.05) is 30.8 Å². The third-order valence-electron chi connectivity index (χ3n) is 4.30. The Labute approximate surface area is 131 Å². The van der Waals surface area contributed by atoms with Crippen LogP contribution in [0.3, 0.4) is 0 Å². The smallest absolute Gasteiger partial charge is 0.227 e. The molecule has 1 amide bonds. The highest BCUT2D eigenvalue weighted by Crippen LogP contribution is 2.26. The zero-order chi connectivity index (χ0) is 15.3. The number of aryl methyl sites for hydroxylation is 1. The number of amides is 1. The lowest BCUT2D eigenvalue weighted by atomic mass is 9.95. The first-order valence-corrected chi connectivity index (χ1v) is 8.86. The molecule has 1 heterocycles. The summed E-state index contributed by atoms with van der Waals surface area (Å²) in [6.45, 7) is 4.40. The van der Waals surface area contributed by atoms with Gasteiger partial charge >= 0.3 is 0 Å². The number of aliphatic hydroxyl groups is 1. The van der Waals surface area contributed by atoms with Gasteiger partial charge in [0.25, 0.3) is 0 Å². The first kappa shape index (κ1) is 16.4. The van der Waals surface area contributed by atoms with E-state index in [9.17, 15) is 9.90 Å². The fourth-order valence-corrected chi connectivity index (χ4v) is 3.78. The molecule has 116 valence electrons. The van der Waals surface area contributed by atoms with E-state index in [1.165, 1.54) is 5.56 Å². The van der Waals surface area contributed by atoms with Crippen LogP contribution in [0.15, 0.2) is 24.3 Å². The van der Waals surface area contributed by atoms with Crippen LogP contribution in [-0.2, 0) is 11.2 Å². The SMILES string of the molecule is CCc1ccc(C(C)C(=O)NCC2(O)CCSCC2)cc1. The maximum Gasteiger partial charge on any atom is 0.227 e. The van der Waals surface area contributed by atoms with Crippen LogP contribution in [0.1, 0.15) is 43.7 Å². The normalized spacial score (nSPS) is 19.0.